The van der Waals surface area contributed by atoms with Crippen molar-refractivity contribution in [1.29, 1.82) is 0 Å². The molecule has 0 saturated carbocycles. The number of anilines is 2. The molecule has 1 saturated heterocycles. The Morgan fingerprint density at radius 2 is 2.21 bits per heavy atom. The van der Waals surface area contributed by atoms with Crippen molar-refractivity contribution in [1.82, 2.24) is 15.0 Å². The maximum atomic E-state index is 5.40. The molecule has 0 spiro atoms. The van der Waals surface area contributed by atoms with Crippen LogP contribution in [-0.2, 0) is 0 Å². The summed E-state index contributed by atoms with van der Waals surface area (Å²) in [4.78, 5) is 15.0. The molecule has 1 unspecified atom stereocenters. The van der Waals surface area contributed by atoms with Crippen LogP contribution >= 0.6 is 0 Å². The van der Waals surface area contributed by atoms with Gasteiger partial charge in [0.15, 0.2) is 0 Å². The maximum Gasteiger partial charge on any atom is 0.323 e. The second kappa shape index (κ2) is 6.01. The molecule has 106 valence electrons. The van der Waals surface area contributed by atoms with Crippen LogP contribution in [0.4, 0.5) is 11.9 Å². The molecule has 0 aliphatic carbocycles. The summed E-state index contributed by atoms with van der Waals surface area (Å²) in [6.45, 7) is 7.81. The molecule has 0 aromatic carbocycles. The first-order chi connectivity index (χ1) is 9.15. The number of nitrogens with two attached hydrogens (primary N) is 1. The molecule has 0 bridgehead atoms. The molecule has 1 aliphatic heterocycles. The van der Waals surface area contributed by atoms with Crippen molar-refractivity contribution in [2.45, 2.75) is 39.7 Å². The van der Waals surface area contributed by atoms with Gasteiger partial charge in [-0.25, -0.2) is 5.84 Å². The number of hydrogen-bond donors (Lipinski definition) is 2. The van der Waals surface area contributed by atoms with E-state index in [9.17, 15) is 0 Å². The van der Waals surface area contributed by atoms with Gasteiger partial charge >= 0.3 is 6.01 Å². The summed E-state index contributed by atoms with van der Waals surface area (Å²) in [5.74, 6) is 6.94. The van der Waals surface area contributed by atoms with Crippen molar-refractivity contribution < 1.29 is 4.74 Å². The van der Waals surface area contributed by atoms with Gasteiger partial charge in [-0.3, -0.25) is 5.43 Å². The Morgan fingerprint density at radius 3 is 2.84 bits per heavy atom. The van der Waals surface area contributed by atoms with Gasteiger partial charge in [0.25, 0.3) is 0 Å². The normalized spacial score (nSPS) is 19.0. The van der Waals surface area contributed by atoms with E-state index in [1.807, 2.05) is 6.92 Å². The summed E-state index contributed by atoms with van der Waals surface area (Å²) in [6.07, 6.45) is 2.32. The third kappa shape index (κ3) is 3.04. The molecular weight excluding hydrogens is 244 g/mol. The third-order valence-electron chi connectivity index (χ3n) is 3.33. The van der Waals surface area contributed by atoms with Crippen LogP contribution in [0.3, 0.4) is 0 Å². The summed E-state index contributed by atoms with van der Waals surface area (Å²) in [6, 6.07) is 0.775. The van der Waals surface area contributed by atoms with Crippen LogP contribution in [0.5, 0.6) is 6.01 Å². The van der Waals surface area contributed by atoms with Gasteiger partial charge in [0.1, 0.15) is 0 Å². The molecule has 0 radical (unpaired) electrons. The number of nitrogen functional groups attached to an aromatic ring is 1. The maximum absolute atomic E-state index is 5.40. The number of ether oxygens (including phenoxy) is 1. The van der Waals surface area contributed by atoms with Crippen LogP contribution in [-0.4, -0.2) is 34.1 Å². The van der Waals surface area contributed by atoms with Crippen LogP contribution < -0.4 is 20.9 Å². The Kier molecular flexibility index (Phi) is 4.36. The first-order valence-electron chi connectivity index (χ1n) is 6.77. The minimum atomic E-state index is 0.315. The zero-order valence-electron chi connectivity index (χ0n) is 11.8. The lowest BCUT2D eigenvalue weighted by Gasteiger charge is -2.27. The second-order valence-corrected chi connectivity index (χ2v) is 4.97. The van der Waals surface area contributed by atoms with Gasteiger partial charge in [0.2, 0.25) is 11.9 Å². The Morgan fingerprint density at radius 1 is 1.42 bits per heavy atom. The first-order valence-corrected chi connectivity index (χ1v) is 6.77. The highest BCUT2D eigenvalue weighted by Gasteiger charge is 2.29. The van der Waals surface area contributed by atoms with Gasteiger partial charge in [-0.2, -0.15) is 15.0 Å². The largest absolute Gasteiger partial charge is 0.464 e. The summed E-state index contributed by atoms with van der Waals surface area (Å²) in [5, 5.41) is 0. The van der Waals surface area contributed by atoms with Crippen molar-refractivity contribution in [2.75, 3.05) is 23.5 Å². The van der Waals surface area contributed by atoms with E-state index in [0.29, 0.717) is 36.5 Å². The molecule has 0 amide bonds. The topological polar surface area (TPSA) is 89.2 Å². The minimum Gasteiger partial charge on any atom is -0.464 e. The summed E-state index contributed by atoms with van der Waals surface area (Å²) in [5.41, 5.74) is 2.46. The molecule has 3 N–H and O–H groups in total. The fourth-order valence-corrected chi connectivity index (χ4v) is 2.47. The van der Waals surface area contributed by atoms with Crippen LogP contribution in [0.15, 0.2) is 0 Å². The number of hydrogen-bond acceptors (Lipinski definition) is 7. The molecule has 1 atom stereocenters. The number of nitrogens with zero attached hydrogens (tertiary/aromatic N) is 4. The smallest absolute Gasteiger partial charge is 0.323 e. The predicted molar refractivity (Wildman–Crippen MR) is 74.0 cm³/mol. The molecule has 2 heterocycles. The van der Waals surface area contributed by atoms with Crippen molar-refractivity contribution >= 4 is 11.9 Å². The minimum absolute atomic E-state index is 0.315. The van der Waals surface area contributed by atoms with Gasteiger partial charge in [-0.05, 0) is 25.7 Å². The van der Waals surface area contributed by atoms with Crippen molar-refractivity contribution in [3.63, 3.8) is 0 Å². The van der Waals surface area contributed by atoms with E-state index in [-0.39, 0.29) is 0 Å². The van der Waals surface area contributed by atoms with Gasteiger partial charge in [-0.1, -0.05) is 13.8 Å². The lowest BCUT2D eigenvalue weighted by atomic mass is 10.0. The van der Waals surface area contributed by atoms with Gasteiger partial charge < -0.3 is 9.64 Å². The highest BCUT2D eigenvalue weighted by Crippen LogP contribution is 2.28. The van der Waals surface area contributed by atoms with E-state index >= 15 is 0 Å². The fraction of sp³-hybridized carbons (Fsp3) is 0.750. The molecule has 1 fully saturated rings. The van der Waals surface area contributed by atoms with Crippen molar-refractivity contribution in [3.05, 3.63) is 0 Å². The molecule has 7 nitrogen and oxygen atoms in total. The standard InChI is InChI=1S/C12H22N6O/c1-4-19-12-15-10(17-13)14-11(16-12)18-7-5-6-9(18)8(2)3/h8-9H,4-7,13H2,1-3H3,(H,14,15,16,17). The predicted octanol–water partition coefficient (Wildman–Crippen LogP) is 1.18. The van der Waals surface area contributed by atoms with E-state index in [0.717, 1.165) is 13.0 Å². The Hall–Kier alpha value is -1.63. The Labute approximate surface area is 113 Å². The average Bonchev–Trinajstić information content (AvgIpc) is 2.88. The summed E-state index contributed by atoms with van der Waals surface area (Å²) >= 11 is 0. The van der Waals surface area contributed by atoms with E-state index in [2.05, 4.69) is 39.1 Å². The zero-order valence-corrected chi connectivity index (χ0v) is 11.8. The summed E-state index contributed by atoms with van der Waals surface area (Å²) < 4.78 is 5.36. The van der Waals surface area contributed by atoms with E-state index in [4.69, 9.17) is 10.6 Å². The van der Waals surface area contributed by atoms with E-state index in [1.54, 1.807) is 0 Å². The SMILES string of the molecule is CCOc1nc(NN)nc(N2CCCC2C(C)C)n1. The lowest BCUT2D eigenvalue weighted by molar-refractivity contribution is 0.311. The third-order valence-corrected chi connectivity index (χ3v) is 3.33. The molecule has 1 aliphatic rings. The van der Waals surface area contributed by atoms with E-state index in [1.165, 1.54) is 6.42 Å². The molecule has 19 heavy (non-hydrogen) atoms. The highest BCUT2D eigenvalue weighted by atomic mass is 16.5. The number of nitrogens with one attached hydrogen (secondary N) is 1. The molecule has 7 heteroatoms. The molecular formula is C12H22N6O. The Balaban J connectivity index is 2.29. The van der Waals surface area contributed by atoms with Crippen LogP contribution in [0.2, 0.25) is 0 Å². The lowest BCUT2D eigenvalue weighted by Crippen LogP contribution is -2.35. The van der Waals surface area contributed by atoms with Gasteiger partial charge in [-0.15, -0.1) is 0 Å². The molecule has 1 aromatic heterocycles. The quantitative estimate of drug-likeness (QED) is 0.611. The summed E-state index contributed by atoms with van der Waals surface area (Å²) in [7, 11) is 0. The number of rotatable bonds is 5. The number of aromatic nitrogens is 3. The zero-order chi connectivity index (χ0) is 13.8. The second-order valence-electron chi connectivity index (χ2n) is 4.97. The average molecular weight is 266 g/mol. The van der Waals surface area contributed by atoms with Crippen LogP contribution in [0.25, 0.3) is 0 Å². The van der Waals surface area contributed by atoms with Gasteiger partial charge in [0.05, 0.1) is 6.61 Å². The highest BCUT2D eigenvalue weighted by molar-refractivity contribution is 5.40. The monoisotopic (exact) mass is 266 g/mol. The van der Waals surface area contributed by atoms with Crippen LogP contribution in [0.1, 0.15) is 33.6 Å². The number of hydrazine groups is 1. The van der Waals surface area contributed by atoms with Gasteiger partial charge in [0, 0.05) is 12.6 Å². The van der Waals surface area contributed by atoms with E-state index < -0.39 is 0 Å². The van der Waals surface area contributed by atoms with Crippen LogP contribution in [0, 0.1) is 5.92 Å². The van der Waals surface area contributed by atoms with Crippen molar-refractivity contribution in [2.24, 2.45) is 11.8 Å². The van der Waals surface area contributed by atoms with Crippen molar-refractivity contribution in [3.8, 4) is 6.01 Å². The molecule has 1 aromatic rings. The first kappa shape index (κ1) is 13.8. The Bertz CT molecular complexity index is 425. The molecule has 2 rings (SSSR count). The fourth-order valence-electron chi connectivity index (χ4n) is 2.47.